The van der Waals surface area contributed by atoms with Gasteiger partial charge < -0.3 is 4.74 Å². The number of amides is 1. The molecule has 0 aliphatic rings. The van der Waals surface area contributed by atoms with Crippen LogP contribution in [-0.4, -0.2) is 27.6 Å². The number of nitrogens with zero attached hydrogens (tertiary/aromatic N) is 3. The molecule has 11 heteroatoms. The predicted molar refractivity (Wildman–Crippen MR) is 108 cm³/mol. The minimum absolute atomic E-state index is 0.0470. The highest BCUT2D eigenvalue weighted by Gasteiger charge is 2.10. The molecule has 0 radical (unpaired) electrons. The quantitative estimate of drug-likeness (QED) is 0.241. The number of carbonyl (C=O) groups is 1. The molecule has 0 unspecified atom stereocenters. The van der Waals surface area contributed by atoms with Crippen LogP contribution >= 0.6 is 34.7 Å². The van der Waals surface area contributed by atoms with Crippen LogP contribution in [0.4, 0.5) is 10.8 Å². The Morgan fingerprint density at radius 1 is 1.18 bits per heavy atom. The van der Waals surface area contributed by atoms with Gasteiger partial charge in [-0.1, -0.05) is 46.8 Å². The lowest BCUT2D eigenvalue weighted by atomic mass is 10.2. The summed E-state index contributed by atoms with van der Waals surface area (Å²) in [6, 6.07) is 13.0. The van der Waals surface area contributed by atoms with Crippen LogP contribution in [0.1, 0.15) is 5.56 Å². The molecule has 0 aliphatic heterocycles. The van der Waals surface area contributed by atoms with Crippen LogP contribution in [0.3, 0.4) is 0 Å². The largest absolute Gasteiger partial charge is 0.484 e. The number of non-ortho nitro benzene ring substituents is 1. The molecule has 1 amide bonds. The van der Waals surface area contributed by atoms with Crippen molar-refractivity contribution in [3.8, 4) is 5.75 Å². The summed E-state index contributed by atoms with van der Waals surface area (Å²) in [6.45, 7) is -0.245. The van der Waals surface area contributed by atoms with Crippen molar-refractivity contribution in [2.75, 3.05) is 11.9 Å². The Hall–Kier alpha value is -2.69. The Labute approximate surface area is 173 Å². The number of anilines is 1. The topological polar surface area (TPSA) is 107 Å². The molecule has 0 bridgehead atoms. The summed E-state index contributed by atoms with van der Waals surface area (Å²) in [5, 5.41) is 22.2. The fraction of sp³-hybridized carbons (Fsp3) is 0.118. The minimum Gasteiger partial charge on any atom is -0.484 e. The van der Waals surface area contributed by atoms with E-state index in [-0.39, 0.29) is 12.3 Å². The van der Waals surface area contributed by atoms with Gasteiger partial charge in [-0.05, 0) is 29.8 Å². The Morgan fingerprint density at radius 3 is 2.57 bits per heavy atom. The number of ether oxygens (including phenoxy) is 1. The number of nitro groups is 1. The van der Waals surface area contributed by atoms with Crippen molar-refractivity contribution in [3.63, 3.8) is 0 Å². The van der Waals surface area contributed by atoms with Crippen molar-refractivity contribution in [2.45, 2.75) is 10.1 Å². The van der Waals surface area contributed by atoms with E-state index >= 15 is 0 Å². The minimum atomic E-state index is -0.505. The molecule has 0 spiro atoms. The van der Waals surface area contributed by atoms with Crippen molar-refractivity contribution >= 4 is 51.4 Å². The lowest BCUT2D eigenvalue weighted by molar-refractivity contribution is -0.384. The smallest absolute Gasteiger partial charge is 0.269 e. The van der Waals surface area contributed by atoms with Crippen LogP contribution in [0.5, 0.6) is 5.75 Å². The molecule has 8 nitrogen and oxygen atoms in total. The molecule has 3 aromatic rings. The van der Waals surface area contributed by atoms with Crippen LogP contribution in [0.25, 0.3) is 0 Å². The number of hydrogen-bond acceptors (Lipinski definition) is 8. The first kappa shape index (κ1) is 20.1. The zero-order chi connectivity index (χ0) is 19.9. The number of aromatic nitrogens is 2. The molecule has 2 aromatic carbocycles. The Kier molecular flexibility index (Phi) is 6.80. The Balaban J connectivity index is 1.45. The number of hydrogen-bond donors (Lipinski definition) is 1. The Morgan fingerprint density at radius 2 is 1.89 bits per heavy atom. The molecule has 1 heterocycles. The van der Waals surface area contributed by atoms with Gasteiger partial charge in [0.2, 0.25) is 5.13 Å². The number of nitro benzene ring substituents is 1. The van der Waals surface area contributed by atoms with Gasteiger partial charge in [0, 0.05) is 22.9 Å². The normalized spacial score (nSPS) is 10.5. The van der Waals surface area contributed by atoms with Gasteiger partial charge in [0.15, 0.2) is 10.9 Å². The summed E-state index contributed by atoms with van der Waals surface area (Å²) in [6.07, 6.45) is 0. The van der Waals surface area contributed by atoms with Crippen molar-refractivity contribution in [1.82, 2.24) is 10.2 Å². The predicted octanol–water partition coefficient (Wildman–Crippen LogP) is 4.41. The molecule has 0 aliphatic carbocycles. The van der Waals surface area contributed by atoms with Gasteiger partial charge in [-0.3, -0.25) is 20.2 Å². The van der Waals surface area contributed by atoms with Crippen molar-refractivity contribution < 1.29 is 14.5 Å². The molecule has 0 fully saturated rings. The van der Waals surface area contributed by atoms with Crippen LogP contribution < -0.4 is 10.1 Å². The SMILES string of the molecule is O=C(COc1ccc([N+](=O)[O-])cc1)Nc1nnc(SCc2ccc(Cl)cc2)s1. The second kappa shape index (κ2) is 9.49. The number of halogens is 1. The first-order chi connectivity index (χ1) is 13.5. The first-order valence-corrected chi connectivity index (χ1v) is 10.1. The second-order valence-electron chi connectivity index (χ2n) is 5.38. The van der Waals surface area contributed by atoms with E-state index in [2.05, 4.69) is 15.5 Å². The molecule has 28 heavy (non-hydrogen) atoms. The van der Waals surface area contributed by atoms with Gasteiger partial charge in [-0.25, -0.2) is 0 Å². The van der Waals surface area contributed by atoms with E-state index in [0.29, 0.717) is 21.7 Å². The molecule has 0 saturated heterocycles. The summed E-state index contributed by atoms with van der Waals surface area (Å²) < 4.78 is 6.03. The van der Waals surface area contributed by atoms with Gasteiger partial charge in [-0.2, -0.15) is 0 Å². The van der Waals surface area contributed by atoms with Crippen LogP contribution in [0, 0.1) is 10.1 Å². The third-order valence-corrected chi connectivity index (χ3v) is 5.64. The molecule has 1 aromatic heterocycles. The first-order valence-electron chi connectivity index (χ1n) is 7.87. The third-order valence-electron chi connectivity index (χ3n) is 3.35. The maximum absolute atomic E-state index is 12.0. The van der Waals surface area contributed by atoms with E-state index in [0.717, 1.165) is 9.90 Å². The average Bonchev–Trinajstić information content (AvgIpc) is 3.13. The summed E-state index contributed by atoms with van der Waals surface area (Å²) in [4.78, 5) is 22.1. The second-order valence-corrected chi connectivity index (χ2v) is 8.01. The molecular formula is C17H13ClN4O4S2. The van der Waals surface area contributed by atoms with E-state index in [1.54, 1.807) is 0 Å². The van der Waals surface area contributed by atoms with Gasteiger partial charge in [0.1, 0.15) is 5.75 Å². The number of benzene rings is 2. The summed E-state index contributed by atoms with van der Waals surface area (Å²) in [5.41, 5.74) is 1.06. The highest BCUT2D eigenvalue weighted by atomic mass is 35.5. The number of thioether (sulfide) groups is 1. The summed E-state index contributed by atoms with van der Waals surface area (Å²) in [5.74, 6) is 0.671. The average molecular weight is 437 g/mol. The van der Waals surface area contributed by atoms with Gasteiger partial charge in [0.05, 0.1) is 4.92 Å². The lowest BCUT2D eigenvalue weighted by Gasteiger charge is -2.05. The van der Waals surface area contributed by atoms with Crippen LogP contribution in [0.2, 0.25) is 5.02 Å². The highest BCUT2D eigenvalue weighted by Crippen LogP contribution is 2.28. The van der Waals surface area contributed by atoms with Gasteiger partial charge in [0.25, 0.3) is 11.6 Å². The molecule has 144 valence electrons. The van der Waals surface area contributed by atoms with Gasteiger partial charge in [-0.15, -0.1) is 10.2 Å². The van der Waals surface area contributed by atoms with E-state index in [9.17, 15) is 14.9 Å². The molecule has 0 atom stereocenters. The van der Waals surface area contributed by atoms with E-state index in [4.69, 9.17) is 16.3 Å². The Bertz CT molecular complexity index is 964. The molecule has 1 N–H and O–H groups in total. The van der Waals surface area contributed by atoms with Crippen molar-refractivity contribution in [1.29, 1.82) is 0 Å². The van der Waals surface area contributed by atoms with Crippen LogP contribution in [0.15, 0.2) is 52.9 Å². The fourth-order valence-electron chi connectivity index (χ4n) is 2.01. The maximum atomic E-state index is 12.0. The summed E-state index contributed by atoms with van der Waals surface area (Å²) >= 11 is 8.63. The van der Waals surface area contributed by atoms with Crippen molar-refractivity contribution in [3.05, 3.63) is 69.2 Å². The van der Waals surface area contributed by atoms with Gasteiger partial charge >= 0.3 is 0 Å². The highest BCUT2D eigenvalue weighted by molar-refractivity contribution is 8.00. The molecule has 3 rings (SSSR count). The summed E-state index contributed by atoms with van der Waals surface area (Å²) in [7, 11) is 0. The fourth-order valence-corrected chi connectivity index (χ4v) is 3.86. The maximum Gasteiger partial charge on any atom is 0.269 e. The monoisotopic (exact) mass is 436 g/mol. The standard InChI is InChI=1S/C17H13ClN4O4S2/c18-12-3-1-11(2-4-12)10-27-17-21-20-16(28-17)19-15(23)9-26-14-7-5-13(6-8-14)22(24)25/h1-8H,9-10H2,(H,19,20,23). The van der Waals surface area contributed by atoms with E-state index < -0.39 is 10.8 Å². The number of carbonyl (C=O) groups excluding carboxylic acids is 1. The number of nitrogens with one attached hydrogen (secondary N) is 1. The number of rotatable bonds is 8. The zero-order valence-electron chi connectivity index (χ0n) is 14.2. The van der Waals surface area contributed by atoms with E-state index in [1.807, 2.05) is 24.3 Å². The lowest BCUT2D eigenvalue weighted by Crippen LogP contribution is -2.20. The molecular weight excluding hydrogens is 424 g/mol. The van der Waals surface area contributed by atoms with E-state index in [1.165, 1.54) is 47.4 Å². The van der Waals surface area contributed by atoms with Crippen LogP contribution in [-0.2, 0) is 10.5 Å². The molecule has 0 saturated carbocycles. The zero-order valence-corrected chi connectivity index (χ0v) is 16.6. The third kappa shape index (κ3) is 5.91. The van der Waals surface area contributed by atoms with Crippen molar-refractivity contribution in [2.24, 2.45) is 0 Å².